The molecule has 0 saturated heterocycles. The number of anilines is 1. The number of carbonyl (C=O) groups excluding carboxylic acids is 2. The van der Waals surface area contributed by atoms with Crippen molar-refractivity contribution in [2.24, 2.45) is 5.73 Å². The van der Waals surface area contributed by atoms with Crippen LogP contribution in [0.2, 0.25) is 0 Å². The molecule has 1 aromatic heterocycles. The second kappa shape index (κ2) is 6.33. The van der Waals surface area contributed by atoms with E-state index in [1.165, 1.54) is 4.68 Å². The fourth-order valence-electron chi connectivity index (χ4n) is 1.68. The molecule has 6 nitrogen and oxygen atoms in total. The molecular formula is C13H13BrN4O2. The first-order chi connectivity index (χ1) is 9.54. The number of benzene rings is 1. The molecule has 0 aliphatic heterocycles. The second-order valence-electron chi connectivity index (χ2n) is 4.18. The molecule has 0 fully saturated rings. The van der Waals surface area contributed by atoms with Gasteiger partial charge in [0, 0.05) is 16.7 Å². The van der Waals surface area contributed by atoms with Crippen LogP contribution in [-0.4, -0.2) is 21.6 Å². The number of primary amides is 1. The van der Waals surface area contributed by atoms with Gasteiger partial charge in [-0.05, 0) is 11.6 Å². The van der Waals surface area contributed by atoms with Crippen molar-refractivity contribution in [3.05, 3.63) is 46.6 Å². The minimum absolute atomic E-state index is 0.0138. The number of nitrogens with zero attached hydrogens (tertiary/aromatic N) is 2. The lowest BCUT2D eigenvalue weighted by Crippen LogP contribution is -2.19. The van der Waals surface area contributed by atoms with Crippen molar-refractivity contribution >= 4 is 33.6 Å². The molecule has 0 saturated carbocycles. The molecule has 0 bridgehead atoms. The van der Waals surface area contributed by atoms with Crippen molar-refractivity contribution < 1.29 is 9.59 Å². The first kappa shape index (κ1) is 14.3. The SMILES string of the molecule is NC(=O)Cn1ccc(NC(=O)Cc2ccccc2Br)n1. The van der Waals surface area contributed by atoms with Gasteiger partial charge in [-0.15, -0.1) is 0 Å². The maximum atomic E-state index is 11.9. The predicted octanol–water partition coefficient (Wildman–Crippen LogP) is 1.31. The summed E-state index contributed by atoms with van der Waals surface area (Å²) in [7, 11) is 0. The van der Waals surface area contributed by atoms with E-state index >= 15 is 0 Å². The van der Waals surface area contributed by atoms with Gasteiger partial charge in [-0.2, -0.15) is 5.10 Å². The minimum Gasteiger partial charge on any atom is -0.368 e. The third-order valence-electron chi connectivity index (χ3n) is 2.53. The molecule has 0 aliphatic rings. The van der Waals surface area contributed by atoms with E-state index in [0.29, 0.717) is 5.82 Å². The highest BCUT2D eigenvalue weighted by molar-refractivity contribution is 9.10. The highest BCUT2D eigenvalue weighted by Gasteiger charge is 2.08. The van der Waals surface area contributed by atoms with Crippen molar-refractivity contribution in [2.45, 2.75) is 13.0 Å². The van der Waals surface area contributed by atoms with Crippen LogP contribution in [0.4, 0.5) is 5.82 Å². The fourth-order valence-corrected chi connectivity index (χ4v) is 2.10. The van der Waals surface area contributed by atoms with Gasteiger partial charge in [0.1, 0.15) is 6.54 Å². The molecule has 0 radical (unpaired) electrons. The Morgan fingerprint density at radius 3 is 2.75 bits per heavy atom. The molecule has 0 aliphatic carbocycles. The Morgan fingerprint density at radius 1 is 1.30 bits per heavy atom. The minimum atomic E-state index is -0.487. The number of hydrogen-bond donors (Lipinski definition) is 2. The van der Waals surface area contributed by atoms with Gasteiger partial charge in [-0.3, -0.25) is 14.3 Å². The van der Waals surface area contributed by atoms with Crippen molar-refractivity contribution in [2.75, 3.05) is 5.32 Å². The van der Waals surface area contributed by atoms with Crippen molar-refractivity contribution in [1.82, 2.24) is 9.78 Å². The van der Waals surface area contributed by atoms with Crippen molar-refractivity contribution in [3.63, 3.8) is 0 Å². The normalized spacial score (nSPS) is 10.2. The molecular weight excluding hydrogens is 324 g/mol. The van der Waals surface area contributed by atoms with Crippen LogP contribution in [0.5, 0.6) is 0 Å². The molecule has 20 heavy (non-hydrogen) atoms. The van der Waals surface area contributed by atoms with Gasteiger partial charge in [0.25, 0.3) is 0 Å². The number of nitrogens with one attached hydrogen (secondary N) is 1. The average Bonchev–Trinajstić information content (AvgIpc) is 2.78. The molecule has 1 heterocycles. The Bertz CT molecular complexity index is 639. The first-order valence-electron chi connectivity index (χ1n) is 5.89. The van der Waals surface area contributed by atoms with Crippen LogP contribution in [0.1, 0.15) is 5.56 Å². The first-order valence-corrected chi connectivity index (χ1v) is 6.69. The monoisotopic (exact) mass is 336 g/mol. The van der Waals surface area contributed by atoms with E-state index in [1.807, 2.05) is 24.3 Å². The lowest BCUT2D eigenvalue weighted by atomic mass is 10.1. The summed E-state index contributed by atoms with van der Waals surface area (Å²) in [5, 5.41) is 6.69. The van der Waals surface area contributed by atoms with Gasteiger partial charge in [-0.1, -0.05) is 34.1 Å². The summed E-state index contributed by atoms with van der Waals surface area (Å²) in [6, 6.07) is 9.12. The Labute approximate surface area is 124 Å². The standard InChI is InChI=1S/C13H13BrN4O2/c14-10-4-2-1-3-9(10)7-13(20)16-12-5-6-18(17-12)8-11(15)19/h1-6H,7-8H2,(H2,15,19)(H,16,17,20). The molecule has 2 aromatic rings. The fraction of sp³-hybridized carbons (Fsp3) is 0.154. The van der Waals surface area contributed by atoms with E-state index in [4.69, 9.17) is 5.73 Å². The molecule has 2 rings (SSSR count). The van der Waals surface area contributed by atoms with Gasteiger partial charge in [0.15, 0.2) is 5.82 Å². The van der Waals surface area contributed by atoms with E-state index in [2.05, 4.69) is 26.3 Å². The lowest BCUT2D eigenvalue weighted by Gasteiger charge is -2.04. The maximum absolute atomic E-state index is 11.9. The van der Waals surface area contributed by atoms with Crippen molar-refractivity contribution in [1.29, 1.82) is 0 Å². The molecule has 0 spiro atoms. The van der Waals surface area contributed by atoms with Crippen molar-refractivity contribution in [3.8, 4) is 0 Å². The molecule has 2 amide bonds. The van der Waals surface area contributed by atoms with Gasteiger partial charge < -0.3 is 11.1 Å². The van der Waals surface area contributed by atoms with Gasteiger partial charge in [0.2, 0.25) is 11.8 Å². The van der Waals surface area contributed by atoms with Crippen LogP contribution in [0.3, 0.4) is 0 Å². The largest absolute Gasteiger partial charge is 0.368 e. The van der Waals surface area contributed by atoms with Gasteiger partial charge in [0.05, 0.1) is 6.42 Å². The molecule has 1 aromatic carbocycles. The summed E-state index contributed by atoms with van der Waals surface area (Å²) in [5.41, 5.74) is 5.95. The smallest absolute Gasteiger partial charge is 0.239 e. The maximum Gasteiger partial charge on any atom is 0.239 e. The molecule has 0 atom stereocenters. The van der Waals surface area contributed by atoms with E-state index in [0.717, 1.165) is 10.0 Å². The number of amides is 2. The zero-order valence-electron chi connectivity index (χ0n) is 10.5. The second-order valence-corrected chi connectivity index (χ2v) is 5.04. The molecule has 7 heteroatoms. The van der Waals surface area contributed by atoms with E-state index in [1.54, 1.807) is 12.3 Å². The van der Waals surface area contributed by atoms with Crippen LogP contribution in [0, 0.1) is 0 Å². The number of aromatic nitrogens is 2. The van der Waals surface area contributed by atoms with Crippen LogP contribution < -0.4 is 11.1 Å². The summed E-state index contributed by atoms with van der Waals surface area (Å²) in [4.78, 5) is 22.6. The molecule has 3 N–H and O–H groups in total. The highest BCUT2D eigenvalue weighted by Crippen LogP contribution is 2.16. The third-order valence-corrected chi connectivity index (χ3v) is 3.31. The molecule has 0 unspecified atom stereocenters. The topological polar surface area (TPSA) is 90.0 Å². The van der Waals surface area contributed by atoms with E-state index < -0.39 is 5.91 Å². The number of halogens is 1. The van der Waals surface area contributed by atoms with Crippen LogP contribution >= 0.6 is 15.9 Å². The number of hydrogen-bond acceptors (Lipinski definition) is 3. The third kappa shape index (κ3) is 3.92. The van der Waals surface area contributed by atoms with Crippen LogP contribution in [0.15, 0.2) is 41.0 Å². The lowest BCUT2D eigenvalue weighted by molar-refractivity contribution is -0.118. The van der Waals surface area contributed by atoms with Gasteiger partial charge in [-0.25, -0.2) is 0 Å². The Hall–Kier alpha value is -2.15. The Balaban J connectivity index is 1.96. The summed E-state index contributed by atoms with van der Waals surface area (Å²) in [6.07, 6.45) is 1.82. The predicted molar refractivity (Wildman–Crippen MR) is 77.9 cm³/mol. The number of rotatable bonds is 5. The number of nitrogens with two attached hydrogens (primary N) is 1. The molecule has 104 valence electrons. The summed E-state index contributed by atoms with van der Waals surface area (Å²) in [6.45, 7) is -0.0138. The van der Waals surface area contributed by atoms with Gasteiger partial charge >= 0.3 is 0 Å². The number of carbonyl (C=O) groups is 2. The summed E-state index contributed by atoms with van der Waals surface area (Å²) >= 11 is 3.39. The Kier molecular flexibility index (Phi) is 4.52. The quantitative estimate of drug-likeness (QED) is 0.862. The van der Waals surface area contributed by atoms with E-state index in [-0.39, 0.29) is 18.9 Å². The zero-order valence-corrected chi connectivity index (χ0v) is 12.1. The Morgan fingerprint density at radius 2 is 2.05 bits per heavy atom. The average molecular weight is 337 g/mol. The van der Waals surface area contributed by atoms with Crippen LogP contribution in [0.25, 0.3) is 0 Å². The highest BCUT2D eigenvalue weighted by atomic mass is 79.9. The summed E-state index contributed by atoms with van der Waals surface area (Å²) in [5.74, 6) is -0.274. The zero-order chi connectivity index (χ0) is 14.5. The van der Waals surface area contributed by atoms with E-state index in [9.17, 15) is 9.59 Å². The van der Waals surface area contributed by atoms with Crippen LogP contribution in [-0.2, 0) is 22.6 Å². The summed E-state index contributed by atoms with van der Waals surface area (Å²) < 4.78 is 2.26.